The molecule has 4 N–H and O–H groups in total. The normalized spacial score (nSPS) is 13.2. The molecule has 9 nitrogen and oxygen atoms in total. The summed E-state index contributed by atoms with van der Waals surface area (Å²) in [5, 5.41) is 16.3. The lowest BCUT2D eigenvalue weighted by Crippen LogP contribution is -2.61. The minimum atomic E-state index is -2.98. The molecule has 0 saturated carbocycles. The number of pyridine rings is 1. The number of amides is 2. The van der Waals surface area contributed by atoms with Crippen molar-refractivity contribution in [1.29, 1.82) is 0 Å². The van der Waals surface area contributed by atoms with Crippen molar-refractivity contribution in [2.75, 3.05) is 6.61 Å². The minimum Gasteiger partial charge on any atom is -0.487 e. The lowest BCUT2D eigenvalue weighted by Gasteiger charge is -2.29. The third-order valence-corrected chi connectivity index (χ3v) is 4.73. The molecule has 0 aliphatic heterocycles. The van der Waals surface area contributed by atoms with Crippen molar-refractivity contribution < 1.29 is 28.2 Å². The Hall–Kier alpha value is -3.60. The van der Waals surface area contributed by atoms with Gasteiger partial charge in [-0.25, -0.2) is 8.78 Å². The molecule has 0 bridgehead atoms. The molecule has 0 aliphatic rings. The first kappa shape index (κ1) is 22.1. The predicted octanol–water partition coefficient (Wildman–Crippen LogP) is 1.15. The van der Waals surface area contributed by atoms with E-state index in [0.717, 1.165) is 0 Å². The maximum absolute atomic E-state index is 13.0. The van der Waals surface area contributed by atoms with Crippen LogP contribution in [0, 0.1) is 0 Å². The van der Waals surface area contributed by atoms with Crippen LogP contribution >= 0.6 is 0 Å². The van der Waals surface area contributed by atoms with Gasteiger partial charge in [-0.2, -0.15) is 5.10 Å². The Morgan fingerprint density at radius 3 is 2.71 bits per heavy atom. The molecule has 1 unspecified atom stereocenters. The second kappa shape index (κ2) is 9.04. The first-order valence-electron chi connectivity index (χ1n) is 9.26. The molecule has 2 heterocycles. The molecule has 0 fully saturated rings. The maximum atomic E-state index is 13.0. The third kappa shape index (κ3) is 4.77. The van der Waals surface area contributed by atoms with Gasteiger partial charge >= 0.3 is 0 Å². The average molecular weight is 433 g/mol. The standard InChI is InChI=1S/C20H21F2N5O4/c1-27-17(18(29)25-20(11-28,19(23)30)9-16(21)22)14-8-13(5-6-15(14)26-27)31-10-12-4-2-3-7-24-12/h2-8,16,28H,9-11H2,1H3,(H2,23,30)(H,25,29). The highest BCUT2D eigenvalue weighted by molar-refractivity contribution is 6.07. The van der Waals surface area contributed by atoms with Gasteiger partial charge in [-0.15, -0.1) is 0 Å². The van der Waals surface area contributed by atoms with Crippen LogP contribution in [0.2, 0.25) is 0 Å². The molecule has 11 heteroatoms. The zero-order valence-electron chi connectivity index (χ0n) is 16.6. The summed E-state index contributed by atoms with van der Waals surface area (Å²) in [5.41, 5.74) is 4.03. The second-order valence-corrected chi connectivity index (χ2v) is 6.91. The lowest BCUT2D eigenvalue weighted by molar-refractivity contribution is -0.127. The van der Waals surface area contributed by atoms with E-state index in [1.807, 2.05) is 6.07 Å². The molecule has 164 valence electrons. The molecule has 3 aromatic rings. The van der Waals surface area contributed by atoms with E-state index in [2.05, 4.69) is 15.4 Å². The fourth-order valence-electron chi connectivity index (χ4n) is 3.11. The molecule has 0 saturated heterocycles. The highest BCUT2D eigenvalue weighted by atomic mass is 19.3. The number of nitrogens with one attached hydrogen (secondary N) is 1. The number of halogens is 2. The monoisotopic (exact) mass is 433 g/mol. The Bertz CT molecular complexity index is 1090. The van der Waals surface area contributed by atoms with E-state index in [4.69, 9.17) is 10.5 Å². The number of carbonyl (C=O) groups excluding carboxylic acids is 2. The van der Waals surface area contributed by atoms with Gasteiger partial charge in [0.05, 0.1) is 17.8 Å². The van der Waals surface area contributed by atoms with Crippen LogP contribution in [0.25, 0.3) is 10.9 Å². The van der Waals surface area contributed by atoms with Gasteiger partial charge in [-0.3, -0.25) is 19.3 Å². The van der Waals surface area contributed by atoms with Gasteiger partial charge in [0.1, 0.15) is 23.6 Å². The van der Waals surface area contributed by atoms with Crippen molar-refractivity contribution in [3.05, 3.63) is 54.0 Å². The summed E-state index contributed by atoms with van der Waals surface area (Å²) < 4.78 is 32.9. The molecule has 1 aromatic carbocycles. The third-order valence-electron chi connectivity index (χ3n) is 4.73. The first-order valence-corrected chi connectivity index (χ1v) is 9.26. The predicted molar refractivity (Wildman–Crippen MR) is 106 cm³/mol. The number of ether oxygens (including phenoxy) is 1. The number of rotatable bonds is 9. The Labute approximate surface area is 175 Å². The van der Waals surface area contributed by atoms with Crippen LogP contribution in [0.15, 0.2) is 42.6 Å². The SMILES string of the molecule is Cn1nc2ccc(OCc3ccccn3)cc2c1C(=O)NC(CO)(CC(F)F)C(N)=O. The number of fused-ring (bicyclic) bond motifs is 1. The van der Waals surface area contributed by atoms with Gasteiger partial charge in [0.2, 0.25) is 12.3 Å². The Morgan fingerprint density at radius 2 is 2.10 bits per heavy atom. The summed E-state index contributed by atoms with van der Waals surface area (Å²) in [6.45, 7) is -0.884. The molecular formula is C20H21F2N5O4. The highest BCUT2D eigenvalue weighted by Gasteiger charge is 2.41. The van der Waals surface area contributed by atoms with Crippen molar-refractivity contribution in [1.82, 2.24) is 20.1 Å². The van der Waals surface area contributed by atoms with E-state index < -0.39 is 36.8 Å². The van der Waals surface area contributed by atoms with Crippen LogP contribution in [0.5, 0.6) is 5.75 Å². The molecule has 3 rings (SSSR count). The first-order chi connectivity index (χ1) is 14.8. The van der Waals surface area contributed by atoms with Crippen molar-refractivity contribution in [3.63, 3.8) is 0 Å². The Morgan fingerprint density at radius 1 is 1.32 bits per heavy atom. The molecule has 0 spiro atoms. The molecular weight excluding hydrogens is 412 g/mol. The fourth-order valence-corrected chi connectivity index (χ4v) is 3.11. The lowest BCUT2D eigenvalue weighted by atomic mass is 9.95. The number of primary amides is 1. The van der Waals surface area contributed by atoms with E-state index >= 15 is 0 Å². The largest absolute Gasteiger partial charge is 0.487 e. The number of hydrogen-bond acceptors (Lipinski definition) is 6. The van der Waals surface area contributed by atoms with Gasteiger partial charge in [-0.05, 0) is 30.3 Å². The van der Waals surface area contributed by atoms with Crippen LogP contribution in [0.3, 0.4) is 0 Å². The summed E-state index contributed by atoms with van der Waals surface area (Å²) in [7, 11) is 1.49. The Kier molecular flexibility index (Phi) is 6.44. The zero-order valence-corrected chi connectivity index (χ0v) is 16.6. The van der Waals surface area contributed by atoms with Crippen molar-refractivity contribution in [3.8, 4) is 5.75 Å². The summed E-state index contributed by atoms with van der Waals surface area (Å²) >= 11 is 0. The summed E-state index contributed by atoms with van der Waals surface area (Å²) in [5.74, 6) is -1.73. The summed E-state index contributed by atoms with van der Waals surface area (Å²) in [6, 6.07) is 10.3. The molecule has 0 radical (unpaired) electrons. The van der Waals surface area contributed by atoms with Crippen LogP contribution in [0.4, 0.5) is 8.78 Å². The number of aryl methyl sites for hydroxylation is 1. The minimum absolute atomic E-state index is 0.00775. The number of carbonyl (C=O) groups is 2. The molecule has 0 aliphatic carbocycles. The number of aliphatic hydroxyl groups excluding tert-OH is 1. The summed E-state index contributed by atoms with van der Waals surface area (Å²) in [4.78, 5) is 28.8. The van der Waals surface area contributed by atoms with Crippen molar-refractivity contribution in [2.45, 2.75) is 25.0 Å². The number of benzene rings is 1. The topological polar surface area (TPSA) is 132 Å². The number of aromatic nitrogens is 3. The van der Waals surface area contributed by atoms with E-state index in [9.17, 15) is 23.5 Å². The van der Waals surface area contributed by atoms with Crippen molar-refractivity contribution in [2.24, 2.45) is 12.8 Å². The second-order valence-electron chi connectivity index (χ2n) is 6.91. The van der Waals surface area contributed by atoms with E-state index in [1.54, 1.807) is 36.5 Å². The number of nitrogens with two attached hydrogens (primary N) is 1. The van der Waals surface area contributed by atoms with Crippen LogP contribution in [-0.2, 0) is 18.4 Å². The van der Waals surface area contributed by atoms with Gasteiger partial charge in [0, 0.05) is 25.1 Å². The van der Waals surface area contributed by atoms with Crippen molar-refractivity contribution >= 4 is 22.7 Å². The number of aliphatic hydroxyl groups is 1. The van der Waals surface area contributed by atoms with E-state index in [0.29, 0.717) is 22.3 Å². The van der Waals surface area contributed by atoms with Gasteiger partial charge in [0.25, 0.3) is 5.91 Å². The van der Waals surface area contributed by atoms with Gasteiger partial charge in [0.15, 0.2) is 0 Å². The fraction of sp³-hybridized carbons (Fsp3) is 0.300. The highest BCUT2D eigenvalue weighted by Crippen LogP contribution is 2.25. The zero-order chi connectivity index (χ0) is 22.6. The average Bonchev–Trinajstić information content (AvgIpc) is 3.07. The maximum Gasteiger partial charge on any atom is 0.271 e. The number of alkyl halides is 2. The summed E-state index contributed by atoms with van der Waals surface area (Å²) in [6.07, 6.45) is -2.47. The van der Waals surface area contributed by atoms with Crippen LogP contribution < -0.4 is 15.8 Å². The molecule has 31 heavy (non-hydrogen) atoms. The molecule has 2 aromatic heterocycles. The van der Waals surface area contributed by atoms with Crippen LogP contribution in [0.1, 0.15) is 22.6 Å². The van der Waals surface area contributed by atoms with E-state index in [-0.39, 0.29) is 12.3 Å². The van der Waals surface area contributed by atoms with Gasteiger partial charge < -0.3 is 20.9 Å². The molecule has 2 amide bonds. The Balaban J connectivity index is 1.90. The molecule has 1 atom stereocenters. The van der Waals surface area contributed by atoms with Crippen LogP contribution in [-0.4, -0.2) is 50.3 Å². The quantitative estimate of drug-likeness (QED) is 0.464. The number of nitrogens with zero attached hydrogens (tertiary/aromatic N) is 3. The smallest absolute Gasteiger partial charge is 0.271 e. The van der Waals surface area contributed by atoms with Gasteiger partial charge in [-0.1, -0.05) is 6.07 Å². The number of hydrogen-bond donors (Lipinski definition) is 3. The van der Waals surface area contributed by atoms with E-state index in [1.165, 1.54) is 11.7 Å².